The number of allylic oxidation sites excluding steroid dienone is 20. The van der Waals surface area contributed by atoms with E-state index in [-0.39, 0.29) is 44.0 Å². The van der Waals surface area contributed by atoms with E-state index in [1.807, 2.05) is 6.08 Å². The maximum Gasteiger partial charge on any atom is 0.306 e. The van der Waals surface area contributed by atoms with Crippen molar-refractivity contribution in [1.82, 2.24) is 0 Å². The summed E-state index contributed by atoms with van der Waals surface area (Å²) >= 11 is 0. The van der Waals surface area contributed by atoms with Crippen LogP contribution in [-0.4, -0.2) is 37.2 Å². The van der Waals surface area contributed by atoms with Crippen LogP contribution in [0.2, 0.25) is 0 Å². The second-order valence-corrected chi connectivity index (χ2v) is 18.8. The van der Waals surface area contributed by atoms with Crippen LogP contribution in [0.5, 0.6) is 0 Å². The topological polar surface area (TPSA) is 78.9 Å². The fourth-order valence-corrected chi connectivity index (χ4v) is 7.59. The van der Waals surface area contributed by atoms with Gasteiger partial charge in [0.25, 0.3) is 0 Å². The molecule has 71 heavy (non-hydrogen) atoms. The van der Waals surface area contributed by atoms with Gasteiger partial charge >= 0.3 is 17.9 Å². The van der Waals surface area contributed by atoms with E-state index in [1.54, 1.807) is 0 Å². The number of carbonyl (C=O) groups excluding carboxylic acids is 3. The van der Waals surface area contributed by atoms with Crippen molar-refractivity contribution in [1.29, 1.82) is 0 Å². The highest BCUT2D eigenvalue weighted by molar-refractivity contribution is 5.71. The molecule has 0 saturated carbocycles. The van der Waals surface area contributed by atoms with Crippen molar-refractivity contribution in [2.75, 3.05) is 13.2 Å². The summed E-state index contributed by atoms with van der Waals surface area (Å²) < 4.78 is 16.8. The van der Waals surface area contributed by atoms with Gasteiger partial charge in [-0.1, -0.05) is 232 Å². The lowest BCUT2D eigenvalue weighted by atomic mass is 10.1. The van der Waals surface area contributed by atoms with E-state index in [9.17, 15) is 14.4 Å². The summed E-state index contributed by atoms with van der Waals surface area (Å²) in [4.78, 5) is 38.1. The van der Waals surface area contributed by atoms with Gasteiger partial charge in [0.15, 0.2) is 6.10 Å². The third kappa shape index (κ3) is 56.6. The zero-order chi connectivity index (χ0) is 51.4. The van der Waals surface area contributed by atoms with E-state index in [2.05, 4.69) is 136 Å². The number of esters is 3. The van der Waals surface area contributed by atoms with E-state index in [0.717, 1.165) is 83.5 Å². The molecule has 0 amide bonds. The number of unbranched alkanes of at least 4 members (excludes halogenated alkanes) is 20. The van der Waals surface area contributed by atoms with Crippen LogP contribution in [0, 0.1) is 0 Å². The first-order valence-electron chi connectivity index (χ1n) is 29.0. The van der Waals surface area contributed by atoms with Crippen LogP contribution < -0.4 is 0 Å². The van der Waals surface area contributed by atoms with E-state index >= 15 is 0 Å². The van der Waals surface area contributed by atoms with Crippen LogP contribution in [0.25, 0.3) is 0 Å². The Bertz CT molecular complexity index is 1500. The van der Waals surface area contributed by atoms with Gasteiger partial charge in [0.05, 0.1) is 0 Å². The molecule has 1 atom stereocenters. The van der Waals surface area contributed by atoms with Gasteiger partial charge in [-0.25, -0.2) is 0 Å². The number of rotatable bonds is 51. The van der Waals surface area contributed by atoms with Crippen molar-refractivity contribution < 1.29 is 28.6 Å². The molecule has 0 aromatic rings. The second kappa shape index (κ2) is 58.4. The minimum atomic E-state index is -0.830. The molecule has 0 aliphatic carbocycles. The van der Waals surface area contributed by atoms with Crippen molar-refractivity contribution in [3.63, 3.8) is 0 Å². The molecule has 0 aromatic heterocycles. The summed E-state index contributed by atoms with van der Waals surface area (Å²) in [6.45, 7) is 6.39. The molecule has 0 radical (unpaired) electrons. The molecular formula is C65H106O6. The van der Waals surface area contributed by atoms with Gasteiger partial charge in [-0.2, -0.15) is 0 Å². The molecule has 0 N–H and O–H groups in total. The summed E-state index contributed by atoms with van der Waals surface area (Å²) in [5.41, 5.74) is 0. The number of hydrogen-bond acceptors (Lipinski definition) is 6. The minimum absolute atomic E-state index is 0.126. The Morgan fingerprint density at radius 2 is 0.577 bits per heavy atom. The fraction of sp³-hybridized carbons (Fsp3) is 0.646. The Balaban J connectivity index is 4.55. The molecular weight excluding hydrogens is 877 g/mol. The first-order valence-corrected chi connectivity index (χ1v) is 29.0. The summed E-state index contributed by atoms with van der Waals surface area (Å²) in [5, 5.41) is 0. The van der Waals surface area contributed by atoms with E-state index < -0.39 is 6.10 Å². The van der Waals surface area contributed by atoms with Gasteiger partial charge in [-0.15, -0.1) is 0 Å². The molecule has 0 aliphatic rings. The second-order valence-electron chi connectivity index (χ2n) is 18.8. The lowest BCUT2D eigenvalue weighted by Crippen LogP contribution is -2.30. The van der Waals surface area contributed by atoms with Gasteiger partial charge in [-0.3, -0.25) is 14.4 Å². The SMILES string of the molecule is CC/C=C\C/C=C\C/C=C\C/C=C\CCCCC(=O)OC[C@H](COC(=O)CC/C=C\C/C=C\C/C=C\C/C=C\C/C=C\CCCCC)OC(=O)CCCCCCCCCCC/C=C\CCCCCCCC. The van der Waals surface area contributed by atoms with E-state index in [0.29, 0.717) is 19.3 Å². The minimum Gasteiger partial charge on any atom is -0.462 e. The van der Waals surface area contributed by atoms with E-state index in [1.165, 1.54) is 116 Å². The normalized spacial score (nSPS) is 13.0. The van der Waals surface area contributed by atoms with Crippen LogP contribution in [0.4, 0.5) is 0 Å². The van der Waals surface area contributed by atoms with Crippen LogP contribution in [0.15, 0.2) is 122 Å². The smallest absolute Gasteiger partial charge is 0.306 e. The van der Waals surface area contributed by atoms with Gasteiger partial charge in [-0.05, 0) is 122 Å². The predicted octanol–water partition coefficient (Wildman–Crippen LogP) is 19.6. The first kappa shape index (κ1) is 66.8. The predicted molar refractivity (Wildman–Crippen MR) is 306 cm³/mol. The zero-order valence-electron chi connectivity index (χ0n) is 45.9. The molecule has 0 unspecified atom stereocenters. The molecule has 402 valence electrons. The van der Waals surface area contributed by atoms with Crippen molar-refractivity contribution in [3.8, 4) is 0 Å². The molecule has 0 aliphatic heterocycles. The summed E-state index contributed by atoms with van der Waals surface area (Å²) in [5.74, 6) is -1.05. The zero-order valence-corrected chi connectivity index (χ0v) is 45.9. The summed E-state index contributed by atoms with van der Waals surface area (Å²) in [7, 11) is 0. The van der Waals surface area contributed by atoms with Gasteiger partial charge in [0, 0.05) is 19.3 Å². The summed E-state index contributed by atoms with van der Waals surface area (Å²) in [6, 6.07) is 0. The lowest BCUT2D eigenvalue weighted by molar-refractivity contribution is -0.166. The number of ether oxygens (including phenoxy) is 3. The molecule has 6 nitrogen and oxygen atoms in total. The third-order valence-electron chi connectivity index (χ3n) is 11.9. The molecule has 0 spiro atoms. The average Bonchev–Trinajstić information content (AvgIpc) is 3.37. The van der Waals surface area contributed by atoms with Crippen molar-refractivity contribution in [3.05, 3.63) is 122 Å². The first-order chi connectivity index (χ1) is 35.0. The number of hydrogen-bond donors (Lipinski definition) is 0. The van der Waals surface area contributed by atoms with Crippen LogP contribution >= 0.6 is 0 Å². The maximum absolute atomic E-state index is 12.9. The Morgan fingerprint density at radius 1 is 0.296 bits per heavy atom. The van der Waals surface area contributed by atoms with Gasteiger partial charge in [0.2, 0.25) is 0 Å². The van der Waals surface area contributed by atoms with Crippen LogP contribution in [0.1, 0.15) is 252 Å². The largest absolute Gasteiger partial charge is 0.462 e. The fourth-order valence-electron chi connectivity index (χ4n) is 7.59. The van der Waals surface area contributed by atoms with Gasteiger partial charge < -0.3 is 14.2 Å². The van der Waals surface area contributed by atoms with Gasteiger partial charge in [0.1, 0.15) is 13.2 Å². The van der Waals surface area contributed by atoms with Crippen LogP contribution in [0.3, 0.4) is 0 Å². The van der Waals surface area contributed by atoms with Crippen molar-refractivity contribution in [2.45, 2.75) is 258 Å². The van der Waals surface area contributed by atoms with E-state index in [4.69, 9.17) is 14.2 Å². The van der Waals surface area contributed by atoms with Crippen LogP contribution in [-0.2, 0) is 28.6 Å². The molecule has 0 saturated heterocycles. The highest BCUT2D eigenvalue weighted by Gasteiger charge is 2.19. The Morgan fingerprint density at radius 3 is 1.01 bits per heavy atom. The highest BCUT2D eigenvalue weighted by Crippen LogP contribution is 2.14. The Labute approximate surface area is 437 Å². The quantitative estimate of drug-likeness (QED) is 0.0261. The maximum atomic E-state index is 12.9. The van der Waals surface area contributed by atoms with Crippen molar-refractivity contribution >= 4 is 17.9 Å². The Hall–Kier alpha value is -4.19. The molecule has 0 bridgehead atoms. The number of carbonyl (C=O) groups is 3. The monoisotopic (exact) mass is 983 g/mol. The van der Waals surface area contributed by atoms with Crippen molar-refractivity contribution in [2.24, 2.45) is 0 Å². The summed E-state index contributed by atoms with van der Waals surface area (Å²) in [6.07, 6.45) is 80.6. The highest BCUT2D eigenvalue weighted by atomic mass is 16.6. The molecule has 6 heteroatoms. The molecule has 0 aromatic carbocycles. The standard InChI is InChI=1S/C65H106O6/c1-4-7-10-13-16-19-22-25-28-30-32-34-37-40-43-46-49-52-55-58-64(67)70-61-62(60-69-63(66)57-54-51-48-45-42-39-36-27-24-21-18-15-12-9-6-3)71-65(68)59-56-53-50-47-44-41-38-35-33-31-29-26-23-20-17-14-11-8-5-2/h9,12,16,18-19,21,25-29,32,34,36,40,42-43,45,49,52,62H,4-8,10-11,13-15,17,20,22-24,30-31,33,35,37-39,41,44,46-48,50-51,53-61H2,1-3H3/b12-9-,19-16-,21-18-,28-25-,29-26-,34-32-,36-27-,43-40-,45-42-,52-49-/t62-/m1/s1. The third-order valence-corrected chi connectivity index (χ3v) is 11.9. The molecule has 0 fully saturated rings. The average molecular weight is 984 g/mol. The molecule has 0 heterocycles. The lowest BCUT2D eigenvalue weighted by Gasteiger charge is -2.18. The Kier molecular flexibility index (Phi) is 54.9. The molecule has 0 rings (SSSR count).